The Hall–Kier alpha value is -1.77. The van der Waals surface area contributed by atoms with Gasteiger partial charge < -0.3 is 10.3 Å². The van der Waals surface area contributed by atoms with E-state index in [1.807, 2.05) is 14.0 Å². The van der Waals surface area contributed by atoms with Crippen LogP contribution in [0.25, 0.3) is 10.9 Å². The third kappa shape index (κ3) is 2.01. The molecule has 1 aromatic carbocycles. The second-order valence-electron chi connectivity index (χ2n) is 5.20. The lowest BCUT2D eigenvalue weighted by Crippen LogP contribution is -2.14. The van der Waals surface area contributed by atoms with Crippen LogP contribution in [0.15, 0.2) is 18.2 Å². The first-order valence-electron chi connectivity index (χ1n) is 6.28. The van der Waals surface area contributed by atoms with Crippen molar-refractivity contribution in [3.05, 3.63) is 35.0 Å². The Kier molecular flexibility index (Phi) is 3.16. The lowest BCUT2D eigenvalue weighted by Gasteiger charge is -2.06. The number of primary amides is 1. The highest BCUT2D eigenvalue weighted by molar-refractivity contribution is 5.90. The molecule has 2 aromatic rings. The molecule has 0 saturated carbocycles. The number of carbonyl (C=O) groups is 1. The Morgan fingerprint density at radius 1 is 1.39 bits per heavy atom. The van der Waals surface area contributed by atoms with Crippen LogP contribution in [0.5, 0.6) is 0 Å². The van der Waals surface area contributed by atoms with E-state index in [9.17, 15) is 4.79 Å². The number of nitrogens with zero attached hydrogens (tertiary/aromatic N) is 1. The van der Waals surface area contributed by atoms with Crippen molar-refractivity contribution in [2.75, 3.05) is 0 Å². The van der Waals surface area contributed by atoms with Gasteiger partial charge in [0.05, 0.1) is 6.42 Å². The fourth-order valence-electron chi connectivity index (χ4n) is 2.42. The molecule has 0 atom stereocenters. The molecular weight excluding hydrogens is 224 g/mol. The number of rotatable bonds is 3. The Bertz CT molecular complexity index is 608. The zero-order valence-electron chi connectivity index (χ0n) is 11.4. The molecule has 2 N–H and O–H groups in total. The van der Waals surface area contributed by atoms with Gasteiger partial charge in [-0.05, 0) is 36.1 Å². The van der Waals surface area contributed by atoms with Crippen LogP contribution in [0.2, 0.25) is 0 Å². The summed E-state index contributed by atoms with van der Waals surface area (Å²) in [5.41, 5.74) is 9.97. The fraction of sp³-hybridized carbons (Fsp3) is 0.400. The van der Waals surface area contributed by atoms with E-state index in [1.54, 1.807) is 0 Å². The summed E-state index contributed by atoms with van der Waals surface area (Å²) in [5, 5.41) is 1.15. The van der Waals surface area contributed by atoms with Crippen LogP contribution in [-0.2, 0) is 18.3 Å². The van der Waals surface area contributed by atoms with Gasteiger partial charge in [-0.15, -0.1) is 0 Å². The van der Waals surface area contributed by atoms with Crippen LogP contribution in [0.4, 0.5) is 0 Å². The molecule has 0 fully saturated rings. The van der Waals surface area contributed by atoms with E-state index >= 15 is 0 Å². The summed E-state index contributed by atoms with van der Waals surface area (Å²) in [5.74, 6) is 0.205. The van der Waals surface area contributed by atoms with E-state index in [0.29, 0.717) is 12.3 Å². The molecule has 96 valence electrons. The predicted octanol–water partition coefficient (Wildman–Crippen LogP) is 2.64. The van der Waals surface area contributed by atoms with E-state index in [-0.39, 0.29) is 5.91 Å². The Morgan fingerprint density at radius 3 is 2.61 bits per heavy atom. The lowest BCUT2D eigenvalue weighted by atomic mass is 9.99. The van der Waals surface area contributed by atoms with Crippen LogP contribution in [0.3, 0.4) is 0 Å². The van der Waals surface area contributed by atoms with Gasteiger partial charge in [0.25, 0.3) is 0 Å². The minimum absolute atomic E-state index is 0.277. The molecule has 0 aliphatic heterocycles. The van der Waals surface area contributed by atoms with Crippen molar-refractivity contribution in [3.8, 4) is 0 Å². The molecule has 3 heteroatoms. The van der Waals surface area contributed by atoms with Crippen LogP contribution < -0.4 is 5.73 Å². The third-order valence-electron chi connectivity index (χ3n) is 3.66. The monoisotopic (exact) mass is 244 g/mol. The van der Waals surface area contributed by atoms with Crippen molar-refractivity contribution >= 4 is 16.8 Å². The molecule has 1 aromatic heterocycles. The zero-order chi connectivity index (χ0) is 13.4. The topological polar surface area (TPSA) is 48.0 Å². The average molecular weight is 244 g/mol. The number of nitrogens with two attached hydrogens (primary N) is 1. The second kappa shape index (κ2) is 4.48. The first-order valence-corrected chi connectivity index (χ1v) is 6.28. The van der Waals surface area contributed by atoms with Gasteiger partial charge in [0.15, 0.2) is 0 Å². The van der Waals surface area contributed by atoms with Gasteiger partial charge in [-0.1, -0.05) is 19.9 Å². The van der Waals surface area contributed by atoms with Crippen molar-refractivity contribution in [2.45, 2.75) is 33.1 Å². The molecule has 0 radical (unpaired) electrons. The summed E-state index contributed by atoms with van der Waals surface area (Å²) in [7, 11) is 2.03. The van der Waals surface area contributed by atoms with Gasteiger partial charge in [-0.3, -0.25) is 4.79 Å². The summed E-state index contributed by atoms with van der Waals surface area (Å²) in [6.07, 6.45) is 0.310. The second-order valence-corrected chi connectivity index (χ2v) is 5.20. The Labute approximate surface area is 108 Å². The highest BCUT2D eigenvalue weighted by atomic mass is 16.1. The number of fused-ring (bicyclic) bond motifs is 1. The molecule has 1 amide bonds. The Morgan fingerprint density at radius 2 is 2.06 bits per heavy atom. The van der Waals surface area contributed by atoms with Crippen LogP contribution in [-0.4, -0.2) is 10.5 Å². The first-order chi connectivity index (χ1) is 8.41. The number of amides is 1. The van der Waals surface area contributed by atoms with E-state index in [1.165, 1.54) is 5.56 Å². The largest absolute Gasteiger partial charge is 0.369 e. The van der Waals surface area contributed by atoms with E-state index in [2.05, 4.69) is 36.6 Å². The maximum atomic E-state index is 11.2. The molecule has 2 rings (SSSR count). The van der Waals surface area contributed by atoms with E-state index in [4.69, 9.17) is 5.73 Å². The van der Waals surface area contributed by atoms with Gasteiger partial charge in [0.2, 0.25) is 5.91 Å². The number of hydrogen-bond donors (Lipinski definition) is 1. The maximum absolute atomic E-state index is 11.2. The van der Waals surface area contributed by atoms with Crippen molar-refractivity contribution < 1.29 is 4.79 Å². The quantitative estimate of drug-likeness (QED) is 0.886. The van der Waals surface area contributed by atoms with Gasteiger partial charge in [-0.25, -0.2) is 0 Å². The number of carbonyl (C=O) groups excluding carboxylic acids is 1. The summed E-state index contributed by atoms with van der Waals surface area (Å²) in [6.45, 7) is 6.38. The Balaban J connectivity index is 2.70. The van der Waals surface area contributed by atoms with Gasteiger partial charge in [0.1, 0.15) is 0 Å². The van der Waals surface area contributed by atoms with Gasteiger partial charge >= 0.3 is 0 Å². The summed E-state index contributed by atoms with van der Waals surface area (Å²) >= 11 is 0. The number of aryl methyl sites for hydroxylation is 1. The predicted molar refractivity (Wildman–Crippen MR) is 74.6 cm³/mol. The number of aromatic nitrogens is 1. The van der Waals surface area contributed by atoms with Crippen molar-refractivity contribution in [2.24, 2.45) is 12.8 Å². The molecule has 3 nitrogen and oxygen atoms in total. The summed E-state index contributed by atoms with van der Waals surface area (Å²) in [6, 6.07) is 6.47. The minimum Gasteiger partial charge on any atom is -0.369 e. The normalized spacial score (nSPS) is 11.4. The van der Waals surface area contributed by atoms with Crippen molar-refractivity contribution in [3.63, 3.8) is 0 Å². The molecule has 18 heavy (non-hydrogen) atoms. The number of benzene rings is 1. The first kappa shape index (κ1) is 12.7. The lowest BCUT2D eigenvalue weighted by molar-refractivity contribution is -0.117. The fourth-order valence-corrected chi connectivity index (χ4v) is 2.42. The summed E-state index contributed by atoms with van der Waals surface area (Å²) < 4.78 is 2.12. The molecule has 0 aliphatic rings. The van der Waals surface area contributed by atoms with Gasteiger partial charge in [0, 0.05) is 23.6 Å². The highest BCUT2D eigenvalue weighted by Crippen LogP contribution is 2.28. The van der Waals surface area contributed by atoms with Crippen molar-refractivity contribution in [1.29, 1.82) is 0 Å². The molecular formula is C15H20N2O. The molecule has 1 heterocycles. The molecule has 0 bridgehead atoms. The van der Waals surface area contributed by atoms with E-state index in [0.717, 1.165) is 22.2 Å². The number of hydrogen-bond acceptors (Lipinski definition) is 1. The molecule has 0 aliphatic carbocycles. The third-order valence-corrected chi connectivity index (χ3v) is 3.66. The van der Waals surface area contributed by atoms with Crippen molar-refractivity contribution in [1.82, 2.24) is 4.57 Å². The zero-order valence-corrected chi connectivity index (χ0v) is 11.4. The average Bonchev–Trinajstić information content (AvgIpc) is 2.53. The van der Waals surface area contributed by atoms with Gasteiger partial charge in [-0.2, -0.15) is 0 Å². The van der Waals surface area contributed by atoms with Crippen LogP contribution in [0.1, 0.15) is 36.6 Å². The van der Waals surface area contributed by atoms with E-state index < -0.39 is 0 Å². The molecule has 0 saturated heterocycles. The smallest absolute Gasteiger partial charge is 0.221 e. The summed E-state index contributed by atoms with van der Waals surface area (Å²) in [4.78, 5) is 11.2. The van der Waals surface area contributed by atoms with Crippen LogP contribution in [0, 0.1) is 6.92 Å². The molecule has 0 spiro atoms. The standard InChI is InChI=1S/C15H20N2O/c1-9(2)11-5-6-14-13(7-11)12(8-15(16)18)10(3)17(14)4/h5-7,9H,8H2,1-4H3,(H2,16,18). The molecule has 0 unspecified atom stereocenters. The SMILES string of the molecule is Cc1c(CC(N)=O)c2cc(C(C)C)ccc2n1C. The van der Waals surface area contributed by atoms with Crippen LogP contribution >= 0.6 is 0 Å². The maximum Gasteiger partial charge on any atom is 0.221 e. The minimum atomic E-state index is -0.277. The highest BCUT2D eigenvalue weighted by Gasteiger charge is 2.14.